The molecule has 0 aliphatic heterocycles. The Labute approximate surface area is 199 Å². The highest BCUT2D eigenvalue weighted by Crippen LogP contribution is 2.39. The van der Waals surface area contributed by atoms with Gasteiger partial charge in [-0.2, -0.15) is 5.10 Å². The molecule has 0 aliphatic rings. The summed E-state index contributed by atoms with van der Waals surface area (Å²) in [6.07, 6.45) is 9.92. The number of methoxy groups -OCH3 is 1. The Morgan fingerprint density at radius 2 is 2.12 bits per heavy atom. The number of hydrogen-bond donors (Lipinski definition) is 3. The standard InChI is InChI=1S/C26H31N7O/c1-17-6-7-18(11-23(17)28-2)24-22-10-19(20(12-27)13-29-8-5-9-34-4)14-30-26(22)32-25(24)21-15-31-33(3)16-21/h6-7,10-16,28H,5,8-9,27H2,1-4H3,(H,30,32)/b20-12+,29-13?. The third-order valence-corrected chi connectivity index (χ3v) is 5.82. The molecule has 4 N–H and O–H groups in total. The Kier molecular flexibility index (Phi) is 7.08. The number of H-pyrrole nitrogens is 1. The van der Waals surface area contributed by atoms with E-state index in [0.29, 0.717) is 13.2 Å². The number of aromatic amines is 1. The molecule has 0 saturated carbocycles. The lowest BCUT2D eigenvalue weighted by Gasteiger charge is -2.10. The molecule has 0 fully saturated rings. The number of nitrogens with zero attached hydrogens (tertiary/aromatic N) is 4. The molecule has 3 heterocycles. The number of nitrogens with one attached hydrogen (secondary N) is 2. The van der Waals surface area contributed by atoms with Crippen molar-refractivity contribution in [2.45, 2.75) is 13.3 Å². The van der Waals surface area contributed by atoms with Crippen LogP contribution in [-0.4, -0.2) is 53.3 Å². The number of aliphatic imine (C=N–C) groups is 1. The molecule has 0 amide bonds. The molecule has 3 aromatic heterocycles. The highest BCUT2D eigenvalue weighted by molar-refractivity contribution is 6.11. The fourth-order valence-corrected chi connectivity index (χ4v) is 4.02. The highest BCUT2D eigenvalue weighted by Gasteiger charge is 2.18. The number of allylic oxidation sites excluding steroid dienone is 1. The summed E-state index contributed by atoms with van der Waals surface area (Å²) in [5.74, 6) is 0. The van der Waals surface area contributed by atoms with Gasteiger partial charge < -0.3 is 20.8 Å². The van der Waals surface area contributed by atoms with Crippen LogP contribution >= 0.6 is 0 Å². The third kappa shape index (κ3) is 4.72. The number of rotatable bonds is 9. The van der Waals surface area contributed by atoms with Crippen LogP contribution in [0.3, 0.4) is 0 Å². The monoisotopic (exact) mass is 457 g/mol. The van der Waals surface area contributed by atoms with E-state index >= 15 is 0 Å². The van der Waals surface area contributed by atoms with Crippen molar-refractivity contribution < 1.29 is 4.74 Å². The number of aromatic nitrogens is 4. The quantitative estimate of drug-likeness (QED) is 0.255. The van der Waals surface area contributed by atoms with Crippen molar-refractivity contribution in [3.8, 4) is 22.4 Å². The number of anilines is 1. The van der Waals surface area contributed by atoms with Crippen LogP contribution in [0.5, 0.6) is 0 Å². The van der Waals surface area contributed by atoms with Gasteiger partial charge in [-0.1, -0.05) is 12.1 Å². The Bertz CT molecular complexity index is 1350. The van der Waals surface area contributed by atoms with E-state index < -0.39 is 0 Å². The number of pyridine rings is 1. The van der Waals surface area contributed by atoms with Gasteiger partial charge in [0.15, 0.2) is 0 Å². The summed E-state index contributed by atoms with van der Waals surface area (Å²) in [4.78, 5) is 12.7. The fraction of sp³-hybridized carbons (Fsp3) is 0.269. The van der Waals surface area contributed by atoms with Crippen LogP contribution in [0.1, 0.15) is 17.5 Å². The highest BCUT2D eigenvalue weighted by atomic mass is 16.5. The molecular weight excluding hydrogens is 426 g/mol. The minimum Gasteiger partial charge on any atom is -0.404 e. The third-order valence-electron chi connectivity index (χ3n) is 5.82. The van der Waals surface area contributed by atoms with Crippen LogP contribution in [0.4, 0.5) is 5.69 Å². The van der Waals surface area contributed by atoms with Crippen molar-refractivity contribution in [1.82, 2.24) is 19.7 Å². The average molecular weight is 458 g/mol. The molecule has 0 saturated heterocycles. The summed E-state index contributed by atoms with van der Waals surface area (Å²) in [6, 6.07) is 8.55. The zero-order valence-corrected chi connectivity index (χ0v) is 20.1. The molecule has 0 radical (unpaired) electrons. The zero-order chi connectivity index (χ0) is 24.1. The topological polar surface area (TPSA) is 106 Å². The first kappa shape index (κ1) is 23.3. The molecule has 34 heavy (non-hydrogen) atoms. The van der Waals surface area contributed by atoms with Gasteiger partial charge in [-0.25, -0.2) is 4.98 Å². The lowest BCUT2D eigenvalue weighted by molar-refractivity contribution is 0.197. The Balaban J connectivity index is 1.85. The SMILES string of the molecule is CNc1cc(-c2c(-c3cnn(C)c3)[nH]c3ncc(/C(C=NCCCOC)=C/N)cc23)ccc1C. The predicted molar refractivity (Wildman–Crippen MR) is 140 cm³/mol. The molecular formula is C26H31N7O. The Hall–Kier alpha value is -3.91. The van der Waals surface area contributed by atoms with E-state index in [9.17, 15) is 0 Å². The first-order valence-corrected chi connectivity index (χ1v) is 11.3. The van der Waals surface area contributed by atoms with Crippen molar-refractivity contribution in [2.75, 3.05) is 32.6 Å². The molecule has 4 aromatic rings. The maximum atomic E-state index is 5.96. The van der Waals surface area contributed by atoms with Crippen LogP contribution in [0.15, 0.2) is 54.0 Å². The maximum Gasteiger partial charge on any atom is 0.138 e. The number of benzene rings is 1. The van der Waals surface area contributed by atoms with E-state index in [1.54, 1.807) is 24.2 Å². The van der Waals surface area contributed by atoms with Gasteiger partial charge >= 0.3 is 0 Å². The van der Waals surface area contributed by atoms with Crippen LogP contribution in [0, 0.1) is 6.92 Å². The molecule has 0 aliphatic carbocycles. The molecule has 1 aromatic carbocycles. The van der Waals surface area contributed by atoms with E-state index in [-0.39, 0.29) is 0 Å². The number of nitrogens with two attached hydrogens (primary N) is 1. The van der Waals surface area contributed by atoms with Crippen LogP contribution in [0.2, 0.25) is 0 Å². The summed E-state index contributed by atoms with van der Waals surface area (Å²) in [7, 11) is 5.54. The second-order valence-corrected chi connectivity index (χ2v) is 8.18. The van der Waals surface area contributed by atoms with Gasteiger partial charge in [0, 0.05) is 92.5 Å². The number of aryl methyl sites for hydroxylation is 2. The van der Waals surface area contributed by atoms with Crippen molar-refractivity contribution in [2.24, 2.45) is 17.8 Å². The van der Waals surface area contributed by atoms with Gasteiger partial charge in [-0.3, -0.25) is 9.67 Å². The molecule has 0 atom stereocenters. The van der Waals surface area contributed by atoms with Crippen molar-refractivity contribution >= 4 is 28.5 Å². The smallest absolute Gasteiger partial charge is 0.138 e. The van der Waals surface area contributed by atoms with Crippen molar-refractivity contribution in [1.29, 1.82) is 0 Å². The van der Waals surface area contributed by atoms with Gasteiger partial charge in [-0.05, 0) is 36.6 Å². The maximum absolute atomic E-state index is 5.96. The summed E-state index contributed by atoms with van der Waals surface area (Å²) in [5, 5.41) is 8.67. The molecule has 8 nitrogen and oxygen atoms in total. The van der Waals surface area contributed by atoms with E-state index in [0.717, 1.165) is 56.7 Å². The number of hydrogen-bond acceptors (Lipinski definition) is 6. The minimum atomic E-state index is 0.678. The van der Waals surface area contributed by atoms with Gasteiger partial charge in [0.05, 0.1) is 11.9 Å². The van der Waals surface area contributed by atoms with Gasteiger partial charge in [-0.15, -0.1) is 0 Å². The molecule has 0 bridgehead atoms. The first-order valence-electron chi connectivity index (χ1n) is 11.3. The van der Waals surface area contributed by atoms with E-state index in [4.69, 9.17) is 15.5 Å². The predicted octanol–water partition coefficient (Wildman–Crippen LogP) is 4.39. The fourth-order valence-electron chi connectivity index (χ4n) is 4.02. The van der Waals surface area contributed by atoms with Crippen LogP contribution < -0.4 is 11.1 Å². The number of fused-ring (bicyclic) bond motifs is 1. The van der Waals surface area contributed by atoms with Crippen molar-refractivity contribution in [3.63, 3.8) is 0 Å². The Morgan fingerprint density at radius 1 is 1.26 bits per heavy atom. The van der Waals surface area contributed by atoms with Gasteiger partial charge in [0.2, 0.25) is 0 Å². The van der Waals surface area contributed by atoms with E-state index in [1.807, 2.05) is 32.7 Å². The van der Waals surface area contributed by atoms with Crippen LogP contribution in [0.25, 0.3) is 39.0 Å². The first-order chi connectivity index (χ1) is 16.5. The zero-order valence-electron chi connectivity index (χ0n) is 20.1. The van der Waals surface area contributed by atoms with E-state index in [2.05, 4.69) is 51.6 Å². The van der Waals surface area contributed by atoms with Gasteiger partial charge in [0.25, 0.3) is 0 Å². The van der Waals surface area contributed by atoms with E-state index in [1.165, 1.54) is 5.56 Å². The molecule has 176 valence electrons. The van der Waals surface area contributed by atoms with Crippen LogP contribution in [-0.2, 0) is 11.8 Å². The molecule has 0 spiro atoms. The molecule has 0 unspecified atom stereocenters. The lowest BCUT2D eigenvalue weighted by atomic mass is 9.97. The Morgan fingerprint density at radius 3 is 2.82 bits per heavy atom. The molecule has 8 heteroatoms. The van der Waals surface area contributed by atoms with Crippen molar-refractivity contribution in [3.05, 3.63) is 60.2 Å². The summed E-state index contributed by atoms with van der Waals surface area (Å²) < 4.78 is 6.89. The normalized spacial score (nSPS) is 12.2. The molecule has 4 rings (SSSR count). The average Bonchev–Trinajstić information content (AvgIpc) is 3.45. The second-order valence-electron chi connectivity index (χ2n) is 8.18. The second kappa shape index (κ2) is 10.4. The summed E-state index contributed by atoms with van der Waals surface area (Å²) in [5.41, 5.74) is 14.9. The summed E-state index contributed by atoms with van der Waals surface area (Å²) >= 11 is 0. The van der Waals surface area contributed by atoms with Gasteiger partial charge in [0.1, 0.15) is 5.65 Å². The lowest BCUT2D eigenvalue weighted by Crippen LogP contribution is -1.95. The minimum absolute atomic E-state index is 0.678. The largest absolute Gasteiger partial charge is 0.404 e. The summed E-state index contributed by atoms with van der Waals surface area (Å²) in [6.45, 7) is 3.45. The number of ether oxygens (including phenoxy) is 1.